The highest BCUT2D eigenvalue weighted by Gasteiger charge is 2.41. The van der Waals surface area contributed by atoms with Crippen LogP contribution in [0.15, 0.2) is 18.2 Å². The third-order valence-electron chi connectivity index (χ3n) is 6.00. The molecule has 3 aliphatic rings. The van der Waals surface area contributed by atoms with Crippen LogP contribution >= 0.6 is 0 Å². The van der Waals surface area contributed by atoms with Crippen molar-refractivity contribution in [3.05, 3.63) is 34.9 Å². The Hall–Kier alpha value is -2.21. The first kappa shape index (κ1) is 18.2. The van der Waals surface area contributed by atoms with Crippen molar-refractivity contribution < 1.29 is 19.1 Å². The molecule has 0 unspecified atom stereocenters. The van der Waals surface area contributed by atoms with Gasteiger partial charge in [0.2, 0.25) is 0 Å². The molecule has 0 radical (unpaired) electrons. The number of fused-ring (bicyclic) bond motifs is 1. The van der Waals surface area contributed by atoms with Gasteiger partial charge in [-0.1, -0.05) is 19.3 Å². The lowest BCUT2D eigenvalue weighted by Crippen LogP contribution is -2.55. The molecule has 1 saturated heterocycles. The summed E-state index contributed by atoms with van der Waals surface area (Å²) in [5, 5.41) is 0. The van der Waals surface area contributed by atoms with Crippen LogP contribution in [0.5, 0.6) is 0 Å². The molecule has 1 aromatic carbocycles. The molecule has 0 bridgehead atoms. The lowest BCUT2D eigenvalue weighted by molar-refractivity contribution is -0.0370. The summed E-state index contributed by atoms with van der Waals surface area (Å²) in [4.78, 5) is 42.0. The molecule has 27 heavy (non-hydrogen) atoms. The second kappa shape index (κ2) is 6.75. The Balaban J connectivity index is 1.62. The SMILES string of the molecule is CC1(C)COCCN1C(=O)c1ccc2c(c1)C(=O)N(C1CCCCC1)C2=O. The largest absolute Gasteiger partial charge is 0.377 e. The number of ether oxygens (including phenoxy) is 1. The third kappa shape index (κ3) is 3.06. The van der Waals surface area contributed by atoms with Crippen LogP contribution in [0.4, 0.5) is 0 Å². The topological polar surface area (TPSA) is 66.9 Å². The van der Waals surface area contributed by atoms with Gasteiger partial charge in [0.15, 0.2) is 0 Å². The zero-order valence-electron chi connectivity index (χ0n) is 16.0. The normalized spacial score (nSPS) is 22.9. The molecular weight excluding hydrogens is 344 g/mol. The fourth-order valence-corrected chi connectivity index (χ4v) is 4.45. The van der Waals surface area contributed by atoms with Gasteiger partial charge in [0.25, 0.3) is 17.7 Å². The number of carbonyl (C=O) groups excluding carboxylic acids is 3. The van der Waals surface area contributed by atoms with Crippen LogP contribution in [0.3, 0.4) is 0 Å². The van der Waals surface area contributed by atoms with E-state index in [-0.39, 0.29) is 23.8 Å². The molecule has 1 aliphatic carbocycles. The summed E-state index contributed by atoms with van der Waals surface area (Å²) in [6.07, 6.45) is 5.01. The zero-order chi connectivity index (χ0) is 19.2. The summed E-state index contributed by atoms with van der Waals surface area (Å²) < 4.78 is 5.49. The van der Waals surface area contributed by atoms with Crippen LogP contribution in [0, 0.1) is 0 Å². The van der Waals surface area contributed by atoms with Crippen molar-refractivity contribution in [3.8, 4) is 0 Å². The second-order valence-corrected chi connectivity index (χ2v) is 8.35. The number of benzene rings is 1. The molecule has 2 aliphatic heterocycles. The molecule has 2 fully saturated rings. The Bertz CT molecular complexity index is 795. The maximum Gasteiger partial charge on any atom is 0.261 e. The van der Waals surface area contributed by atoms with Crippen molar-refractivity contribution in [2.24, 2.45) is 0 Å². The number of nitrogens with zero attached hydrogens (tertiary/aromatic N) is 2. The molecule has 1 saturated carbocycles. The first-order chi connectivity index (χ1) is 12.9. The first-order valence-corrected chi connectivity index (χ1v) is 9.82. The van der Waals surface area contributed by atoms with E-state index >= 15 is 0 Å². The number of rotatable bonds is 2. The van der Waals surface area contributed by atoms with Gasteiger partial charge in [-0.15, -0.1) is 0 Å². The Morgan fingerprint density at radius 1 is 1.07 bits per heavy atom. The summed E-state index contributed by atoms with van der Waals surface area (Å²) in [5.74, 6) is -0.590. The van der Waals surface area contributed by atoms with E-state index in [0.717, 1.165) is 32.1 Å². The molecule has 6 nitrogen and oxygen atoms in total. The highest BCUT2D eigenvalue weighted by atomic mass is 16.5. The molecule has 4 rings (SSSR count). The minimum Gasteiger partial charge on any atom is -0.377 e. The molecule has 144 valence electrons. The summed E-state index contributed by atoms with van der Waals surface area (Å²) in [5.41, 5.74) is 0.837. The van der Waals surface area contributed by atoms with Crippen LogP contribution in [0.2, 0.25) is 0 Å². The van der Waals surface area contributed by atoms with Gasteiger partial charge in [-0.3, -0.25) is 19.3 Å². The smallest absolute Gasteiger partial charge is 0.261 e. The lowest BCUT2D eigenvalue weighted by atomic mass is 9.94. The third-order valence-corrected chi connectivity index (χ3v) is 6.00. The van der Waals surface area contributed by atoms with E-state index in [9.17, 15) is 14.4 Å². The highest BCUT2D eigenvalue weighted by molar-refractivity contribution is 6.22. The average Bonchev–Trinajstić information content (AvgIpc) is 2.92. The Morgan fingerprint density at radius 3 is 2.48 bits per heavy atom. The first-order valence-electron chi connectivity index (χ1n) is 9.82. The molecular formula is C21H26N2O4. The van der Waals surface area contributed by atoms with E-state index < -0.39 is 5.54 Å². The maximum atomic E-state index is 13.0. The molecule has 3 amide bonds. The number of imide groups is 1. The quantitative estimate of drug-likeness (QED) is 0.751. The van der Waals surface area contributed by atoms with Crippen LogP contribution in [0.1, 0.15) is 77.0 Å². The lowest BCUT2D eigenvalue weighted by Gasteiger charge is -2.42. The summed E-state index contributed by atoms with van der Waals surface area (Å²) in [6.45, 7) is 5.45. The maximum absolute atomic E-state index is 13.0. The fraction of sp³-hybridized carbons (Fsp3) is 0.571. The fourth-order valence-electron chi connectivity index (χ4n) is 4.45. The van der Waals surface area contributed by atoms with Gasteiger partial charge >= 0.3 is 0 Å². The summed E-state index contributed by atoms with van der Waals surface area (Å²) in [7, 11) is 0. The van der Waals surface area contributed by atoms with Crippen LogP contribution in [-0.4, -0.2) is 58.9 Å². The van der Waals surface area contributed by atoms with Crippen molar-refractivity contribution in [2.75, 3.05) is 19.8 Å². The number of morpholine rings is 1. The number of hydrogen-bond acceptors (Lipinski definition) is 4. The zero-order valence-corrected chi connectivity index (χ0v) is 16.0. The van der Waals surface area contributed by atoms with E-state index in [1.807, 2.05) is 13.8 Å². The predicted molar refractivity (Wildman–Crippen MR) is 99.7 cm³/mol. The summed E-state index contributed by atoms with van der Waals surface area (Å²) in [6, 6.07) is 4.90. The second-order valence-electron chi connectivity index (χ2n) is 8.35. The standard InChI is InChI=1S/C21H26N2O4/c1-21(2)13-27-11-10-22(21)18(24)14-8-9-16-17(12-14)20(26)23(19(16)25)15-6-4-3-5-7-15/h8-9,12,15H,3-7,10-11,13H2,1-2H3. The van der Waals surface area contributed by atoms with E-state index in [4.69, 9.17) is 4.74 Å². The van der Waals surface area contributed by atoms with E-state index in [1.54, 1.807) is 23.1 Å². The van der Waals surface area contributed by atoms with Gasteiger partial charge in [0.1, 0.15) is 0 Å². The molecule has 0 N–H and O–H groups in total. The molecule has 2 heterocycles. The minimum absolute atomic E-state index is 0.0107. The minimum atomic E-state index is -0.400. The Morgan fingerprint density at radius 2 is 1.78 bits per heavy atom. The molecule has 0 atom stereocenters. The molecule has 1 aromatic rings. The van der Waals surface area contributed by atoms with Crippen LogP contribution in [-0.2, 0) is 4.74 Å². The van der Waals surface area contributed by atoms with E-state index in [1.165, 1.54) is 4.90 Å². The summed E-state index contributed by atoms with van der Waals surface area (Å²) >= 11 is 0. The van der Waals surface area contributed by atoms with Gasteiger partial charge < -0.3 is 9.64 Å². The predicted octanol–water partition coefficient (Wildman–Crippen LogP) is 2.87. The van der Waals surface area contributed by atoms with Gasteiger partial charge in [-0.2, -0.15) is 0 Å². The van der Waals surface area contributed by atoms with Crippen LogP contribution < -0.4 is 0 Å². The van der Waals surface area contributed by atoms with E-state index in [2.05, 4.69) is 0 Å². The van der Waals surface area contributed by atoms with Crippen molar-refractivity contribution in [1.82, 2.24) is 9.80 Å². The number of amides is 3. The van der Waals surface area contributed by atoms with Gasteiger partial charge in [0.05, 0.1) is 29.9 Å². The van der Waals surface area contributed by atoms with Gasteiger partial charge in [0, 0.05) is 18.2 Å². The van der Waals surface area contributed by atoms with Crippen molar-refractivity contribution in [1.29, 1.82) is 0 Å². The molecule has 0 spiro atoms. The van der Waals surface area contributed by atoms with Crippen LogP contribution in [0.25, 0.3) is 0 Å². The van der Waals surface area contributed by atoms with Crippen molar-refractivity contribution >= 4 is 17.7 Å². The number of carbonyl (C=O) groups is 3. The average molecular weight is 370 g/mol. The molecule has 6 heteroatoms. The number of hydrogen-bond donors (Lipinski definition) is 0. The van der Waals surface area contributed by atoms with Gasteiger partial charge in [-0.05, 0) is 44.9 Å². The molecule has 0 aromatic heterocycles. The van der Waals surface area contributed by atoms with Gasteiger partial charge in [-0.25, -0.2) is 0 Å². The van der Waals surface area contributed by atoms with Crippen molar-refractivity contribution in [3.63, 3.8) is 0 Å². The Labute approximate surface area is 159 Å². The van der Waals surface area contributed by atoms with E-state index in [0.29, 0.717) is 36.4 Å². The monoisotopic (exact) mass is 370 g/mol. The van der Waals surface area contributed by atoms with Crippen molar-refractivity contribution in [2.45, 2.75) is 57.5 Å². The highest BCUT2D eigenvalue weighted by Crippen LogP contribution is 2.32. The Kier molecular flexibility index (Phi) is 4.54.